The topological polar surface area (TPSA) is 71.3 Å². The maximum absolute atomic E-state index is 12.3. The van der Waals surface area contributed by atoms with E-state index < -0.39 is 5.97 Å². The van der Waals surface area contributed by atoms with Gasteiger partial charge in [-0.3, -0.25) is 4.79 Å². The van der Waals surface area contributed by atoms with Gasteiger partial charge < -0.3 is 15.0 Å². The maximum Gasteiger partial charge on any atom is 0.337 e. The highest BCUT2D eigenvalue weighted by Crippen LogP contribution is 2.22. The van der Waals surface area contributed by atoms with Crippen LogP contribution in [0.2, 0.25) is 0 Å². The molecule has 0 radical (unpaired) electrons. The fraction of sp³-hybridized carbons (Fsp3) is 0. The minimum atomic E-state index is -1.10. The van der Waals surface area contributed by atoms with Crippen molar-refractivity contribution in [3.05, 3.63) is 82.6 Å². The van der Waals surface area contributed by atoms with Crippen LogP contribution in [0.3, 0.4) is 0 Å². The summed E-state index contributed by atoms with van der Waals surface area (Å²) >= 11 is 3.22. The van der Waals surface area contributed by atoms with Gasteiger partial charge in [0.25, 0.3) is 5.91 Å². The maximum atomic E-state index is 12.3. The number of aromatic carboxylic acids is 1. The van der Waals surface area contributed by atoms with Crippen LogP contribution in [-0.4, -0.2) is 21.6 Å². The van der Waals surface area contributed by atoms with Crippen molar-refractivity contribution in [3.63, 3.8) is 0 Å². The Bertz CT molecular complexity index is 887. The normalized spacial score (nSPS) is 10.4. The molecular formula is C18H13BrN2O3. The number of carbonyl (C=O) groups excluding carboxylic acids is 1. The monoisotopic (exact) mass is 384 g/mol. The fourth-order valence-corrected chi connectivity index (χ4v) is 2.65. The first-order valence-corrected chi connectivity index (χ1v) is 7.91. The number of nitrogens with zero attached hydrogens (tertiary/aromatic N) is 1. The number of rotatable bonds is 4. The van der Waals surface area contributed by atoms with E-state index in [-0.39, 0.29) is 17.2 Å². The average Bonchev–Trinajstić information content (AvgIpc) is 3.11. The van der Waals surface area contributed by atoms with E-state index in [0.717, 1.165) is 5.69 Å². The first kappa shape index (κ1) is 16.0. The molecule has 3 aromatic rings. The smallest absolute Gasteiger partial charge is 0.337 e. The van der Waals surface area contributed by atoms with Crippen molar-refractivity contribution < 1.29 is 14.7 Å². The third-order valence-corrected chi connectivity index (χ3v) is 3.99. The predicted octanol–water partition coefficient (Wildman–Crippen LogP) is 4.19. The molecule has 0 fully saturated rings. The summed E-state index contributed by atoms with van der Waals surface area (Å²) in [7, 11) is 0. The Morgan fingerprint density at radius 1 is 1.00 bits per heavy atom. The molecular weight excluding hydrogens is 372 g/mol. The van der Waals surface area contributed by atoms with Crippen molar-refractivity contribution >= 4 is 33.5 Å². The molecule has 1 amide bonds. The van der Waals surface area contributed by atoms with Gasteiger partial charge in [-0.25, -0.2) is 4.79 Å². The molecule has 1 aromatic heterocycles. The van der Waals surface area contributed by atoms with Crippen molar-refractivity contribution in [2.75, 3.05) is 5.32 Å². The van der Waals surface area contributed by atoms with Crippen LogP contribution >= 0.6 is 15.9 Å². The van der Waals surface area contributed by atoms with Gasteiger partial charge in [0, 0.05) is 28.1 Å². The van der Waals surface area contributed by atoms with Gasteiger partial charge in [0.2, 0.25) is 0 Å². The summed E-state index contributed by atoms with van der Waals surface area (Å²) < 4.78 is 2.56. The number of amides is 1. The number of anilines is 1. The zero-order valence-corrected chi connectivity index (χ0v) is 14.0. The van der Waals surface area contributed by atoms with E-state index in [9.17, 15) is 14.7 Å². The predicted molar refractivity (Wildman–Crippen MR) is 94.8 cm³/mol. The lowest BCUT2D eigenvalue weighted by atomic mass is 10.1. The number of nitrogens with one attached hydrogen (secondary N) is 1. The minimum absolute atomic E-state index is 0.0293. The van der Waals surface area contributed by atoms with Crippen LogP contribution in [0, 0.1) is 0 Å². The first-order valence-electron chi connectivity index (χ1n) is 7.12. The van der Waals surface area contributed by atoms with Crippen LogP contribution in [0.1, 0.15) is 20.7 Å². The second-order valence-electron chi connectivity index (χ2n) is 5.09. The Balaban J connectivity index is 1.82. The number of carbonyl (C=O) groups is 2. The largest absolute Gasteiger partial charge is 0.478 e. The molecule has 0 bridgehead atoms. The van der Waals surface area contributed by atoms with Crippen LogP contribution in [-0.2, 0) is 0 Å². The first-order chi connectivity index (χ1) is 11.5. The summed E-state index contributed by atoms with van der Waals surface area (Å²) in [5, 5.41) is 11.9. The SMILES string of the molecule is O=C(Nc1ccc(Br)cc1C(=O)O)c1ccc(-n2cccc2)cc1. The van der Waals surface area contributed by atoms with Gasteiger partial charge in [-0.05, 0) is 54.6 Å². The van der Waals surface area contributed by atoms with Gasteiger partial charge in [-0.1, -0.05) is 15.9 Å². The highest BCUT2D eigenvalue weighted by atomic mass is 79.9. The van der Waals surface area contributed by atoms with Crippen molar-refractivity contribution in [1.82, 2.24) is 4.57 Å². The Morgan fingerprint density at radius 3 is 2.29 bits per heavy atom. The zero-order valence-electron chi connectivity index (χ0n) is 12.4. The van der Waals surface area contributed by atoms with Crippen molar-refractivity contribution in [1.29, 1.82) is 0 Å². The third-order valence-electron chi connectivity index (χ3n) is 3.49. The second-order valence-corrected chi connectivity index (χ2v) is 6.00. The van der Waals surface area contributed by atoms with Gasteiger partial charge in [0.1, 0.15) is 0 Å². The minimum Gasteiger partial charge on any atom is -0.478 e. The standard InChI is InChI=1S/C18H13BrN2O3/c19-13-5-8-16(15(11-13)18(23)24)20-17(22)12-3-6-14(7-4-12)21-9-1-2-10-21/h1-11H,(H,20,22)(H,23,24). The number of carboxylic acids is 1. The van der Waals surface area contributed by atoms with Gasteiger partial charge in [-0.15, -0.1) is 0 Å². The summed E-state index contributed by atoms with van der Waals surface area (Å²) in [6.45, 7) is 0. The molecule has 0 saturated heterocycles. The molecule has 3 rings (SSSR count). The molecule has 0 aliphatic heterocycles. The van der Waals surface area contributed by atoms with Crippen LogP contribution in [0.25, 0.3) is 5.69 Å². The summed E-state index contributed by atoms with van der Waals surface area (Å²) in [5.74, 6) is -1.46. The Labute approximate surface area is 146 Å². The van der Waals surface area contributed by atoms with E-state index in [0.29, 0.717) is 10.0 Å². The van der Waals surface area contributed by atoms with Gasteiger partial charge in [-0.2, -0.15) is 0 Å². The number of carboxylic acid groups (broad SMARTS) is 1. The Kier molecular flexibility index (Phi) is 4.48. The highest BCUT2D eigenvalue weighted by molar-refractivity contribution is 9.10. The molecule has 6 heteroatoms. The highest BCUT2D eigenvalue weighted by Gasteiger charge is 2.14. The molecule has 0 spiro atoms. The number of hydrogen-bond donors (Lipinski definition) is 2. The van der Waals surface area contributed by atoms with E-state index in [1.54, 1.807) is 24.3 Å². The van der Waals surface area contributed by atoms with E-state index in [1.165, 1.54) is 6.07 Å². The number of halogens is 1. The third kappa shape index (κ3) is 3.38. The molecule has 0 saturated carbocycles. The number of hydrogen-bond acceptors (Lipinski definition) is 2. The summed E-state index contributed by atoms with van der Waals surface area (Å²) in [5.41, 5.74) is 1.67. The Hall–Kier alpha value is -2.86. The molecule has 0 atom stereocenters. The zero-order chi connectivity index (χ0) is 17.1. The summed E-state index contributed by atoms with van der Waals surface area (Å²) in [4.78, 5) is 23.6. The molecule has 0 aliphatic rings. The van der Waals surface area contributed by atoms with Crippen LogP contribution in [0.5, 0.6) is 0 Å². The van der Waals surface area contributed by atoms with E-state index in [4.69, 9.17) is 0 Å². The summed E-state index contributed by atoms with van der Waals surface area (Å²) in [6, 6.07) is 15.6. The molecule has 120 valence electrons. The second kappa shape index (κ2) is 6.72. The molecule has 1 heterocycles. The molecule has 24 heavy (non-hydrogen) atoms. The van der Waals surface area contributed by atoms with Crippen LogP contribution in [0.4, 0.5) is 5.69 Å². The lowest BCUT2D eigenvalue weighted by Gasteiger charge is -2.10. The van der Waals surface area contributed by atoms with Crippen molar-refractivity contribution in [3.8, 4) is 5.69 Å². The van der Waals surface area contributed by atoms with Gasteiger partial charge >= 0.3 is 5.97 Å². The molecule has 2 aromatic carbocycles. The number of aromatic nitrogens is 1. The Morgan fingerprint density at radius 2 is 1.67 bits per heavy atom. The van der Waals surface area contributed by atoms with Gasteiger partial charge in [0.05, 0.1) is 11.3 Å². The lowest BCUT2D eigenvalue weighted by molar-refractivity contribution is 0.0698. The molecule has 0 unspecified atom stereocenters. The lowest BCUT2D eigenvalue weighted by Crippen LogP contribution is -2.14. The van der Waals surface area contributed by atoms with Crippen molar-refractivity contribution in [2.45, 2.75) is 0 Å². The van der Waals surface area contributed by atoms with Crippen LogP contribution < -0.4 is 5.32 Å². The van der Waals surface area contributed by atoms with Gasteiger partial charge in [0.15, 0.2) is 0 Å². The fourth-order valence-electron chi connectivity index (χ4n) is 2.29. The van der Waals surface area contributed by atoms with E-state index in [1.807, 2.05) is 41.2 Å². The van der Waals surface area contributed by atoms with E-state index in [2.05, 4.69) is 21.2 Å². The van der Waals surface area contributed by atoms with Crippen molar-refractivity contribution in [2.24, 2.45) is 0 Å². The molecule has 5 nitrogen and oxygen atoms in total. The van der Waals surface area contributed by atoms with Crippen LogP contribution in [0.15, 0.2) is 71.5 Å². The molecule has 0 aliphatic carbocycles. The number of benzene rings is 2. The quantitative estimate of drug-likeness (QED) is 0.708. The van der Waals surface area contributed by atoms with E-state index >= 15 is 0 Å². The average molecular weight is 385 g/mol. The molecule has 2 N–H and O–H groups in total. The summed E-state index contributed by atoms with van der Waals surface area (Å²) in [6.07, 6.45) is 3.83.